The highest BCUT2D eigenvalue weighted by molar-refractivity contribution is 5.95. The first-order valence-electron chi connectivity index (χ1n) is 6.97. The van der Waals surface area contributed by atoms with Gasteiger partial charge in [0.05, 0.1) is 11.0 Å². The van der Waals surface area contributed by atoms with Gasteiger partial charge in [0.15, 0.2) is 0 Å². The minimum Gasteiger partial charge on any atom is -0.399 e. The molecule has 0 unspecified atom stereocenters. The Hall–Kier alpha value is -3.08. The molecule has 5 heteroatoms. The number of nitrogens with one attached hydrogen (secondary N) is 1. The number of hydrogen-bond acceptors (Lipinski definition) is 3. The Balaban J connectivity index is 2.06. The zero-order valence-electron chi connectivity index (χ0n) is 12.0. The van der Waals surface area contributed by atoms with E-state index in [0.29, 0.717) is 16.9 Å². The van der Waals surface area contributed by atoms with E-state index in [2.05, 4.69) is 9.97 Å². The highest BCUT2D eigenvalue weighted by Gasteiger charge is 2.13. The second kappa shape index (κ2) is 4.46. The van der Waals surface area contributed by atoms with Crippen LogP contribution < -0.4 is 11.3 Å². The first kappa shape index (κ1) is 12.6. The first-order chi connectivity index (χ1) is 10.6. The number of aryl methyl sites for hydroxylation is 1. The molecule has 108 valence electrons. The number of nitrogen functional groups attached to an aromatic ring is 1. The molecule has 0 spiro atoms. The van der Waals surface area contributed by atoms with Crippen LogP contribution >= 0.6 is 0 Å². The van der Waals surface area contributed by atoms with E-state index in [1.54, 1.807) is 12.1 Å². The molecule has 3 N–H and O–H groups in total. The van der Waals surface area contributed by atoms with E-state index in [-0.39, 0.29) is 5.56 Å². The van der Waals surface area contributed by atoms with Gasteiger partial charge in [-0.2, -0.15) is 0 Å². The number of H-pyrrole nitrogens is 1. The molecule has 0 radical (unpaired) electrons. The van der Waals surface area contributed by atoms with Gasteiger partial charge in [-0.25, -0.2) is 4.98 Å². The third-order valence-electron chi connectivity index (χ3n) is 3.87. The van der Waals surface area contributed by atoms with Crippen LogP contribution in [0.1, 0.15) is 0 Å². The van der Waals surface area contributed by atoms with Crippen molar-refractivity contribution in [2.24, 2.45) is 7.05 Å². The standard InChI is InChI=1S/C17H14N4O/c1-21-9-12(11-4-2-3-5-15(11)21)16-17(22)20-14-8-10(18)6-7-13(14)19-16/h2-9H,18H2,1H3,(H,20,22). The molecule has 2 heterocycles. The van der Waals surface area contributed by atoms with E-state index in [0.717, 1.165) is 22.0 Å². The number of anilines is 1. The normalized spacial score (nSPS) is 11.3. The van der Waals surface area contributed by atoms with E-state index in [4.69, 9.17) is 5.73 Å². The van der Waals surface area contributed by atoms with Crippen molar-refractivity contribution in [1.29, 1.82) is 0 Å². The largest absolute Gasteiger partial charge is 0.399 e. The van der Waals surface area contributed by atoms with Crippen molar-refractivity contribution >= 4 is 27.6 Å². The van der Waals surface area contributed by atoms with Crippen LogP contribution in [0.25, 0.3) is 33.2 Å². The molecule has 0 aliphatic heterocycles. The summed E-state index contributed by atoms with van der Waals surface area (Å²) in [6, 6.07) is 13.3. The second-order valence-electron chi connectivity index (χ2n) is 5.36. The SMILES string of the molecule is Cn1cc(-c2nc3ccc(N)cc3[nH]c2=O)c2ccccc21. The Morgan fingerprint density at radius 1 is 1.18 bits per heavy atom. The van der Waals surface area contributed by atoms with Gasteiger partial charge in [0.2, 0.25) is 0 Å². The molecular formula is C17H14N4O. The summed E-state index contributed by atoms with van der Waals surface area (Å²) >= 11 is 0. The van der Waals surface area contributed by atoms with Crippen LogP contribution in [0.15, 0.2) is 53.5 Å². The number of nitrogens with zero attached hydrogens (tertiary/aromatic N) is 2. The fourth-order valence-electron chi connectivity index (χ4n) is 2.82. The zero-order valence-corrected chi connectivity index (χ0v) is 12.0. The predicted octanol–water partition coefficient (Wildman–Crippen LogP) is 2.66. The van der Waals surface area contributed by atoms with Gasteiger partial charge in [-0.05, 0) is 24.3 Å². The highest BCUT2D eigenvalue weighted by atomic mass is 16.1. The van der Waals surface area contributed by atoms with Crippen molar-refractivity contribution in [3.05, 3.63) is 59.0 Å². The average Bonchev–Trinajstić information content (AvgIpc) is 2.84. The number of nitrogens with two attached hydrogens (primary N) is 1. The van der Waals surface area contributed by atoms with Gasteiger partial charge in [-0.3, -0.25) is 4.79 Å². The summed E-state index contributed by atoms with van der Waals surface area (Å²) in [4.78, 5) is 19.8. The summed E-state index contributed by atoms with van der Waals surface area (Å²) in [6.45, 7) is 0. The molecule has 2 aromatic carbocycles. The van der Waals surface area contributed by atoms with Crippen LogP contribution in [0, 0.1) is 0 Å². The van der Waals surface area contributed by atoms with Crippen LogP contribution in [0.5, 0.6) is 0 Å². The third kappa shape index (κ3) is 1.79. The van der Waals surface area contributed by atoms with E-state index in [1.165, 1.54) is 0 Å². The fraction of sp³-hybridized carbons (Fsp3) is 0.0588. The van der Waals surface area contributed by atoms with Gasteiger partial charge < -0.3 is 15.3 Å². The Bertz CT molecular complexity index is 1080. The number of benzene rings is 2. The monoisotopic (exact) mass is 290 g/mol. The van der Waals surface area contributed by atoms with Gasteiger partial charge in [0.25, 0.3) is 5.56 Å². The molecular weight excluding hydrogens is 276 g/mol. The quantitative estimate of drug-likeness (QED) is 0.529. The predicted molar refractivity (Wildman–Crippen MR) is 88.7 cm³/mol. The Labute approximate surface area is 126 Å². The average molecular weight is 290 g/mol. The molecule has 0 saturated heterocycles. The van der Waals surface area contributed by atoms with Crippen LogP contribution in [-0.4, -0.2) is 14.5 Å². The third-order valence-corrected chi connectivity index (χ3v) is 3.87. The Kier molecular flexibility index (Phi) is 2.56. The Morgan fingerprint density at radius 3 is 2.86 bits per heavy atom. The van der Waals surface area contributed by atoms with Crippen LogP contribution in [0.4, 0.5) is 5.69 Å². The molecule has 4 rings (SSSR count). The van der Waals surface area contributed by atoms with Crippen molar-refractivity contribution in [3.63, 3.8) is 0 Å². The van der Waals surface area contributed by atoms with Gasteiger partial charge in [0.1, 0.15) is 5.69 Å². The minimum atomic E-state index is -0.213. The molecule has 5 nitrogen and oxygen atoms in total. The van der Waals surface area contributed by atoms with Crippen molar-refractivity contribution in [1.82, 2.24) is 14.5 Å². The first-order valence-corrected chi connectivity index (χ1v) is 6.97. The molecule has 0 atom stereocenters. The number of fused-ring (bicyclic) bond motifs is 2. The van der Waals surface area contributed by atoms with E-state index >= 15 is 0 Å². The van der Waals surface area contributed by atoms with Gasteiger partial charge >= 0.3 is 0 Å². The second-order valence-corrected chi connectivity index (χ2v) is 5.36. The van der Waals surface area contributed by atoms with Gasteiger partial charge in [0, 0.05) is 35.4 Å². The number of aromatic amines is 1. The molecule has 2 aromatic heterocycles. The van der Waals surface area contributed by atoms with Crippen LogP contribution in [0.2, 0.25) is 0 Å². The number of hydrogen-bond donors (Lipinski definition) is 2. The summed E-state index contributed by atoms with van der Waals surface area (Å²) in [5, 5.41) is 1.01. The van der Waals surface area contributed by atoms with Gasteiger partial charge in [-0.1, -0.05) is 18.2 Å². The minimum absolute atomic E-state index is 0.213. The maximum absolute atomic E-state index is 12.4. The topological polar surface area (TPSA) is 76.7 Å². The van der Waals surface area contributed by atoms with E-state index in [1.807, 2.05) is 48.1 Å². The molecule has 0 aliphatic carbocycles. The Morgan fingerprint density at radius 2 is 2.00 bits per heavy atom. The van der Waals surface area contributed by atoms with Crippen molar-refractivity contribution in [3.8, 4) is 11.3 Å². The molecule has 0 aliphatic rings. The van der Waals surface area contributed by atoms with E-state index < -0.39 is 0 Å². The van der Waals surface area contributed by atoms with Crippen molar-refractivity contribution in [2.75, 3.05) is 5.73 Å². The number of aromatic nitrogens is 3. The smallest absolute Gasteiger partial charge is 0.275 e. The molecule has 4 aromatic rings. The van der Waals surface area contributed by atoms with Gasteiger partial charge in [-0.15, -0.1) is 0 Å². The lowest BCUT2D eigenvalue weighted by Crippen LogP contribution is -2.11. The van der Waals surface area contributed by atoms with Crippen molar-refractivity contribution in [2.45, 2.75) is 0 Å². The molecule has 0 fully saturated rings. The fourth-order valence-corrected chi connectivity index (χ4v) is 2.82. The van der Waals surface area contributed by atoms with E-state index in [9.17, 15) is 4.79 Å². The maximum Gasteiger partial charge on any atom is 0.275 e. The lowest BCUT2D eigenvalue weighted by atomic mass is 10.1. The molecule has 22 heavy (non-hydrogen) atoms. The highest BCUT2D eigenvalue weighted by Crippen LogP contribution is 2.27. The summed E-state index contributed by atoms with van der Waals surface area (Å²) in [5.74, 6) is 0. The summed E-state index contributed by atoms with van der Waals surface area (Å²) in [7, 11) is 1.96. The van der Waals surface area contributed by atoms with Crippen molar-refractivity contribution < 1.29 is 0 Å². The van der Waals surface area contributed by atoms with Crippen LogP contribution in [0.3, 0.4) is 0 Å². The molecule has 0 amide bonds. The molecule has 0 bridgehead atoms. The number of rotatable bonds is 1. The maximum atomic E-state index is 12.4. The molecule has 0 saturated carbocycles. The summed E-state index contributed by atoms with van der Waals surface area (Å²) in [5.41, 5.74) is 9.82. The zero-order chi connectivity index (χ0) is 15.3. The summed E-state index contributed by atoms with van der Waals surface area (Å²) in [6.07, 6.45) is 1.94. The van der Waals surface area contributed by atoms with Crippen LogP contribution in [-0.2, 0) is 7.05 Å². The number of para-hydroxylation sites is 1. The lowest BCUT2D eigenvalue weighted by Gasteiger charge is -2.02. The lowest BCUT2D eigenvalue weighted by molar-refractivity contribution is 0.969. The summed E-state index contributed by atoms with van der Waals surface area (Å²) < 4.78 is 2.00.